The quantitative estimate of drug-likeness (QED) is 0.169. The number of thioether (sulfide) groups is 1. The summed E-state index contributed by atoms with van der Waals surface area (Å²) < 4.78 is 19.2. The van der Waals surface area contributed by atoms with Gasteiger partial charge in [0.05, 0.1) is 36.6 Å². The summed E-state index contributed by atoms with van der Waals surface area (Å²) >= 11 is 3.48. The highest BCUT2D eigenvalue weighted by atomic mass is 32.2. The number of hydrogen-bond donors (Lipinski definition) is 1. The highest BCUT2D eigenvalue weighted by Gasteiger charge is 2.12. The Hall–Kier alpha value is -3.56. The van der Waals surface area contributed by atoms with Crippen molar-refractivity contribution >= 4 is 55.7 Å². The van der Waals surface area contributed by atoms with Crippen molar-refractivity contribution in [3.63, 3.8) is 0 Å². The molecule has 0 aliphatic rings. The molecule has 0 bridgehead atoms. The third kappa shape index (κ3) is 5.41. The van der Waals surface area contributed by atoms with E-state index in [4.69, 9.17) is 14.2 Å². The Bertz CT molecular complexity index is 1410. The first kappa shape index (κ1) is 23.2. The Morgan fingerprint density at radius 3 is 2.57 bits per heavy atom. The van der Waals surface area contributed by atoms with Gasteiger partial charge in [-0.25, -0.2) is 15.0 Å². The lowest BCUT2D eigenvalue weighted by atomic mass is 10.2. The molecule has 0 aliphatic heterocycles. The lowest BCUT2D eigenvalue weighted by Gasteiger charge is -2.14. The predicted octanol–water partition coefficient (Wildman–Crippen LogP) is 6.56. The predicted molar refractivity (Wildman–Crippen MR) is 143 cm³/mol. The molecule has 2 aromatic heterocycles. The van der Waals surface area contributed by atoms with Gasteiger partial charge in [0, 0.05) is 22.9 Å². The van der Waals surface area contributed by atoms with Crippen LogP contribution in [0.2, 0.25) is 0 Å². The smallest absolute Gasteiger partial charge is 0.162 e. The van der Waals surface area contributed by atoms with Gasteiger partial charge in [-0.05, 0) is 48.9 Å². The zero-order valence-corrected chi connectivity index (χ0v) is 21.0. The number of ether oxygens (including phenoxy) is 3. The molecule has 9 heteroatoms. The Labute approximate surface area is 211 Å². The number of aromatic nitrogens is 3. The molecule has 35 heavy (non-hydrogen) atoms. The Balaban J connectivity index is 1.26. The monoisotopic (exact) mass is 504 g/mol. The molecule has 0 atom stereocenters. The summed E-state index contributed by atoms with van der Waals surface area (Å²) in [6.45, 7) is 0.564. The van der Waals surface area contributed by atoms with Crippen LogP contribution in [-0.4, -0.2) is 41.5 Å². The topological polar surface area (TPSA) is 78.4 Å². The SMILES string of the molecule is COc1ccc(Nc2ncnc3cc(OC)c(OCCCSc4nc5ccccc5s4)cc23)cc1. The van der Waals surface area contributed by atoms with Gasteiger partial charge >= 0.3 is 0 Å². The van der Waals surface area contributed by atoms with Crippen LogP contribution >= 0.6 is 23.1 Å². The largest absolute Gasteiger partial charge is 0.497 e. The highest BCUT2D eigenvalue weighted by molar-refractivity contribution is 8.01. The van der Waals surface area contributed by atoms with E-state index in [0.29, 0.717) is 23.9 Å². The number of benzene rings is 3. The van der Waals surface area contributed by atoms with Crippen molar-refractivity contribution in [1.82, 2.24) is 15.0 Å². The molecule has 1 N–H and O–H groups in total. The van der Waals surface area contributed by atoms with E-state index >= 15 is 0 Å². The second-order valence-corrected chi connectivity index (χ2v) is 9.97. The van der Waals surface area contributed by atoms with Crippen LogP contribution in [0.1, 0.15) is 6.42 Å². The molecule has 0 fully saturated rings. The minimum Gasteiger partial charge on any atom is -0.497 e. The lowest BCUT2D eigenvalue weighted by molar-refractivity contribution is 0.296. The summed E-state index contributed by atoms with van der Waals surface area (Å²) in [4.78, 5) is 13.5. The van der Waals surface area contributed by atoms with Gasteiger partial charge in [-0.3, -0.25) is 0 Å². The van der Waals surface area contributed by atoms with Crippen LogP contribution in [0.5, 0.6) is 17.2 Å². The first-order valence-electron chi connectivity index (χ1n) is 11.1. The number of nitrogens with one attached hydrogen (secondary N) is 1. The molecule has 0 saturated heterocycles. The van der Waals surface area contributed by atoms with Crippen LogP contribution in [0, 0.1) is 0 Å². The minimum absolute atomic E-state index is 0.564. The van der Waals surface area contributed by atoms with E-state index in [2.05, 4.69) is 26.3 Å². The second-order valence-electron chi connectivity index (χ2n) is 7.59. The zero-order valence-electron chi connectivity index (χ0n) is 19.4. The molecule has 3 aromatic carbocycles. The van der Waals surface area contributed by atoms with Crippen molar-refractivity contribution in [2.45, 2.75) is 10.8 Å². The highest BCUT2D eigenvalue weighted by Crippen LogP contribution is 2.35. The van der Waals surface area contributed by atoms with Gasteiger partial charge in [-0.1, -0.05) is 23.9 Å². The first-order chi connectivity index (χ1) is 17.2. The summed E-state index contributed by atoms with van der Waals surface area (Å²) in [6, 6.07) is 19.7. The van der Waals surface area contributed by atoms with Crippen molar-refractivity contribution in [3.8, 4) is 17.2 Å². The molecule has 7 nitrogen and oxygen atoms in total. The number of fused-ring (bicyclic) bond motifs is 2. The van der Waals surface area contributed by atoms with Crippen molar-refractivity contribution in [1.29, 1.82) is 0 Å². The summed E-state index contributed by atoms with van der Waals surface area (Å²) in [6.07, 6.45) is 2.41. The van der Waals surface area contributed by atoms with Crippen LogP contribution in [0.25, 0.3) is 21.1 Å². The third-order valence-corrected chi connectivity index (χ3v) is 7.59. The summed E-state index contributed by atoms with van der Waals surface area (Å²) in [5.74, 6) is 3.72. The van der Waals surface area contributed by atoms with Crippen molar-refractivity contribution < 1.29 is 14.2 Å². The summed E-state index contributed by atoms with van der Waals surface area (Å²) in [5.41, 5.74) is 2.72. The van der Waals surface area contributed by atoms with Crippen molar-refractivity contribution in [3.05, 3.63) is 67.0 Å². The molecule has 0 radical (unpaired) electrons. The van der Waals surface area contributed by atoms with E-state index < -0.39 is 0 Å². The van der Waals surface area contributed by atoms with E-state index in [0.717, 1.165) is 44.4 Å². The fourth-order valence-electron chi connectivity index (χ4n) is 3.56. The third-order valence-electron chi connectivity index (χ3n) is 5.32. The average Bonchev–Trinajstić information content (AvgIpc) is 3.31. The van der Waals surface area contributed by atoms with Crippen LogP contribution in [0.15, 0.2) is 71.3 Å². The summed E-state index contributed by atoms with van der Waals surface area (Å²) in [5, 5.41) is 4.21. The molecular weight excluding hydrogens is 480 g/mol. The van der Waals surface area contributed by atoms with Gasteiger partial charge in [-0.2, -0.15) is 0 Å². The molecule has 0 saturated carbocycles. The molecule has 0 spiro atoms. The van der Waals surface area contributed by atoms with Gasteiger partial charge in [0.2, 0.25) is 0 Å². The van der Waals surface area contributed by atoms with E-state index in [9.17, 15) is 0 Å². The fourth-order valence-corrected chi connectivity index (χ4v) is 5.61. The van der Waals surface area contributed by atoms with Crippen molar-refractivity contribution in [2.24, 2.45) is 0 Å². The number of rotatable bonds is 10. The van der Waals surface area contributed by atoms with Crippen LogP contribution < -0.4 is 19.5 Å². The number of anilines is 2. The number of thiazole rings is 1. The van der Waals surface area contributed by atoms with Gasteiger partial charge in [0.25, 0.3) is 0 Å². The fraction of sp³-hybridized carbons (Fsp3) is 0.192. The van der Waals surface area contributed by atoms with Crippen molar-refractivity contribution in [2.75, 3.05) is 31.9 Å². The Morgan fingerprint density at radius 1 is 0.914 bits per heavy atom. The van der Waals surface area contributed by atoms with Gasteiger partial charge in [0.15, 0.2) is 15.8 Å². The summed E-state index contributed by atoms with van der Waals surface area (Å²) in [7, 11) is 3.28. The Morgan fingerprint density at radius 2 is 1.77 bits per heavy atom. The van der Waals surface area contributed by atoms with Gasteiger partial charge in [0.1, 0.15) is 17.9 Å². The number of nitrogens with zero attached hydrogens (tertiary/aromatic N) is 3. The molecule has 178 valence electrons. The maximum absolute atomic E-state index is 6.11. The van der Waals surface area contributed by atoms with Crippen LogP contribution in [-0.2, 0) is 0 Å². The van der Waals surface area contributed by atoms with E-state index in [1.54, 1.807) is 37.3 Å². The molecule has 0 aliphatic carbocycles. The maximum Gasteiger partial charge on any atom is 0.162 e. The molecule has 0 unspecified atom stereocenters. The standard InChI is InChI=1S/C26H24N4O3S2/c1-31-18-10-8-17(9-11-18)29-25-19-14-23(22(32-2)15-21(19)27-16-28-25)33-12-5-13-34-26-30-20-6-3-4-7-24(20)35-26/h3-4,6-11,14-16H,5,12-13H2,1-2H3,(H,27,28,29). The zero-order chi connectivity index (χ0) is 24.0. The molecule has 0 amide bonds. The van der Waals surface area contributed by atoms with Gasteiger partial charge in [-0.15, -0.1) is 11.3 Å². The first-order valence-corrected chi connectivity index (χ1v) is 12.9. The lowest BCUT2D eigenvalue weighted by Crippen LogP contribution is -2.02. The molecular formula is C26H24N4O3S2. The van der Waals surface area contributed by atoms with Crippen LogP contribution in [0.3, 0.4) is 0 Å². The van der Waals surface area contributed by atoms with E-state index in [1.165, 1.54) is 11.0 Å². The van der Waals surface area contributed by atoms with E-state index in [1.807, 2.05) is 54.6 Å². The normalized spacial score (nSPS) is 11.0. The number of para-hydroxylation sites is 1. The second kappa shape index (κ2) is 10.8. The van der Waals surface area contributed by atoms with E-state index in [-0.39, 0.29) is 0 Å². The van der Waals surface area contributed by atoms with Gasteiger partial charge < -0.3 is 19.5 Å². The maximum atomic E-state index is 6.11. The van der Waals surface area contributed by atoms with Crippen LogP contribution in [0.4, 0.5) is 11.5 Å². The average molecular weight is 505 g/mol. The number of hydrogen-bond acceptors (Lipinski definition) is 9. The minimum atomic E-state index is 0.564. The molecule has 2 heterocycles. The number of methoxy groups -OCH3 is 2. The Kier molecular flexibility index (Phi) is 7.15. The molecule has 5 rings (SSSR count). The molecule has 5 aromatic rings.